The number of hydrogen-bond donors (Lipinski definition) is 2. The standard InChI is InChI=1S/C17H24N4O2S/c1-13-10-15(20-3)11-14(2)16(13)4-9-24(22,23)21-7-5-17(19,12-18)6-8-21/h4,9-11,20H,5-8,19H2,1-3H3. The lowest BCUT2D eigenvalue weighted by Gasteiger charge is -2.33. The molecule has 1 fully saturated rings. The molecule has 1 aromatic rings. The molecule has 2 rings (SSSR count). The molecule has 1 aliphatic rings. The Morgan fingerprint density at radius 3 is 2.29 bits per heavy atom. The molecular formula is C17H24N4O2S. The lowest BCUT2D eigenvalue weighted by Crippen LogP contribution is -2.50. The van der Waals surface area contributed by atoms with Crippen molar-refractivity contribution in [1.29, 1.82) is 5.26 Å². The van der Waals surface area contributed by atoms with Crippen LogP contribution in [0.25, 0.3) is 6.08 Å². The van der Waals surface area contributed by atoms with Crippen molar-refractivity contribution < 1.29 is 8.42 Å². The van der Waals surface area contributed by atoms with Crippen LogP contribution in [0.3, 0.4) is 0 Å². The molecule has 0 radical (unpaired) electrons. The van der Waals surface area contributed by atoms with Gasteiger partial charge in [0.1, 0.15) is 5.54 Å². The number of anilines is 1. The van der Waals surface area contributed by atoms with Gasteiger partial charge in [-0.25, -0.2) is 8.42 Å². The van der Waals surface area contributed by atoms with Crippen molar-refractivity contribution in [3.05, 3.63) is 34.2 Å². The highest BCUT2D eigenvalue weighted by Crippen LogP contribution is 2.24. The average Bonchev–Trinajstić information content (AvgIpc) is 2.54. The van der Waals surface area contributed by atoms with E-state index in [1.807, 2.05) is 33.0 Å². The SMILES string of the molecule is CNc1cc(C)c(C=CS(=O)(=O)N2CCC(N)(C#N)CC2)c(C)c1. The molecule has 6 nitrogen and oxygen atoms in total. The fourth-order valence-electron chi connectivity index (χ4n) is 2.87. The Kier molecular flexibility index (Phi) is 5.33. The molecule has 0 spiro atoms. The first kappa shape index (κ1) is 18.5. The van der Waals surface area contributed by atoms with Crippen molar-refractivity contribution >= 4 is 21.8 Å². The molecule has 7 heteroatoms. The monoisotopic (exact) mass is 348 g/mol. The normalized spacial score (nSPS) is 18.5. The van der Waals surface area contributed by atoms with E-state index in [-0.39, 0.29) is 13.1 Å². The fourth-order valence-corrected chi connectivity index (χ4v) is 4.05. The van der Waals surface area contributed by atoms with E-state index in [9.17, 15) is 8.42 Å². The lowest BCUT2D eigenvalue weighted by atomic mass is 9.91. The first-order valence-corrected chi connectivity index (χ1v) is 9.38. The molecule has 1 heterocycles. The molecule has 0 saturated carbocycles. The fraction of sp³-hybridized carbons (Fsp3) is 0.471. The highest BCUT2D eigenvalue weighted by molar-refractivity contribution is 7.92. The van der Waals surface area contributed by atoms with E-state index in [2.05, 4.69) is 11.4 Å². The van der Waals surface area contributed by atoms with Crippen LogP contribution in [0.15, 0.2) is 17.5 Å². The highest BCUT2D eigenvalue weighted by atomic mass is 32.2. The van der Waals surface area contributed by atoms with Crippen LogP contribution in [-0.4, -0.2) is 38.4 Å². The number of nitrogens with zero attached hydrogens (tertiary/aromatic N) is 2. The third-order valence-electron chi connectivity index (χ3n) is 4.49. The van der Waals surface area contributed by atoms with Gasteiger partial charge in [-0.1, -0.05) is 0 Å². The van der Waals surface area contributed by atoms with Crippen LogP contribution in [0.2, 0.25) is 0 Å². The second-order valence-corrected chi connectivity index (χ2v) is 8.11. The molecule has 24 heavy (non-hydrogen) atoms. The number of piperidine rings is 1. The van der Waals surface area contributed by atoms with Gasteiger partial charge in [0.05, 0.1) is 6.07 Å². The van der Waals surface area contributed by atoms with Crippen LogP contribution >= 0.6 is 0 Å². The summed E-state index contributed by atoms with van der Waals surface area (Å²) in [6, 6.07) is 6.03. The number of rotatable bonds is 4. The molecule has 0 unspecified atom stereocenters. The highest BCUT2D eigenvalue weighted by Gasteiger charge is 2.34. The van der Waals surface area contributed by atoms with Crippen LogP contribution in [0.5, 0.6) is 0 Å². The summed E-state index contributed by atoms with van der Waals surface area (Å²) in [5.74, 6) is 0. The van der Waals surface area contributed by atoms with Crippen molar-refractivity contribution in [3.8, 4) is 6.07 Å². The summed E-state index contributed by atoms with van der Waals surface area (Å²) in [5.41, 5.74) is 8.90. The minimum atomic E-state index is -3.52. The lowest BCUT2D eigenvalue weighted by molar-refractivity contribution is 0.282. The number of nitriles is 1. The number of nitrogens with two attached hydrogens (primary N) is 1. The van der Waals surface area contributed by atoms with E-state index in [4.69, 9.17) is 11.0 Å². The van der Waals surface area contributed by atoms with Crippen molar-refractivity contribution in [1.82, 2.24) is 4.31 Å². The van der Waals surface area contributed by atoms with E-state index in [1.54, 1.807) is 6.08 Å². The van der Waals surface area contributed by atoms with E-state index in [0.29, 0.717) is 12.8 Å². The minimum absolute atomic E-state index is 0.271. The predicted octanol–water partition coefficient (Wildman–Crippen LogP) is 1.96. The van der Waals surface area contributed by atoms with Crippen LogP contribution < -0.4 is 11.1 Å². The number of hydrogen-bond acceptors (Lipinski definition) is 5. The van der Waals surface area contributed by atoms with Crippen LogP contribution in [0.4, 0.5) is 5.69 Å². The smallest absolute Gasteiger partial charge is 0.236 e. The molecule has 0 bridgehead atoms. The molecule has 1 aromatic carbocycles. The van der Waals surface area contributed by atoms with Gasteiger partial charge in [-0.3, -0.25) is 0 Å². The molecule has 0 aliphatic carbocycles. The molecule has 0 aromatic heterocycles. The molecule has 1 saturated heterocycles. The molecule has 0 atom stereocenters. The predicted molar refractivity (Wildman–Crippen MR) is 96.8 cm³/mol. The number of aryl methyl sites for hydroxylation is 2. The number of sulfonamides is 1. The summed E-state index contributed by atoms with van der Waals surface area (Å²) in [4.78, 5) is 0. The summed E-state index contributed by atoms with van der Waals surface area (Å²) in [6.45, 7) is 4.45. The van der Waals surface area contributed by atoms with Crippen LogP contribution in [0, 0.1) is 25.2 Å². The Morgan fingerprint density at radius 1 is 1.29 bits per heavy atom. The summed E-state index contributed by atoms with van der Waals surface area (Å²) in [6.07, 6.45) is 2.35. The van der Waals surface area contributed by atoms with Gasteiger partial charge >= 0.3 is 0 Å². The van der Waals surface area contributed by atoms with Gasteiger partial charge in [-0.2, -0.15) is 9.57 Å². The molecule has 3 N–H and O–H groups in total. The Labute approximate surface area is 144 Å². The van der Waals surface area contributed by atoms with Crippen molar-refractivity contribution in [2.45, 2.75) is 32.2 Å². The first-order chi connectivity index (χ1) is 11.2. The maximum absolute atomic E-state index is 12.5. The third-order valence-corrected chi connectivity index (χ3v) is 6.05. The maximum atomic E-state index is 12.5. The van der Waals surface area contributed by atoms with Gasteiger partial charge < -0.3 is 11.1 Å². The zero-order valence-electron chi connectivity index (χ0n) is 14.3. The average molecular weight is 348 g/mol. The van der Waals surface area contributed by atoms with Gasteiger partial charge in [0, 0.05) is 31.2 Å². The number of nitrogens with one attached hydrogen (secondary N) is 1. The summed E-state index contributed by atoms with van der Waals surface area (Å²) in [7, 11) is -1.67. The van der Waals surface area contributed by atoms with E-state index >= 15 is 0 Å². The summed E-state index contributed by atoms with van der Waals surface area (Å²) in [5, 5.41) is 13.4. The largest absolute Gasteiger partial charge is 0.388 e. The third kappa shape index (κ3) is 3.96. The van der Waals surface area contributed by atoms with Crippen LogP contribution in [0.1, 0.15) is 29.5 Å². The van der Waals surface area contributed by atoms with Gasteiger partial charge in [0.25, 0.3) is 0 Å². The van der Waals surface area contributed by atoms with Gasteiger partial charge in [-0.05, 0) is 61.6 Å². The molecule has 1 aliphatic heterocycles. The van der Waals surface area contributed by atoms with E-state index in [0.717, 1.165) is 22.4 Å². The second kappa shape index (κ2) is 6.93. The Balaban J connectivity index is 2.19. The Morgan fingerprint density at radius 2 is 1.83 bits per heavy atom. The zero-order chi connectivity index (χ0) is 18.0. The van der Waals surface area contributed by atoms with Gasteiger partial charge in [-0.15, -0.1) is 0 Å². The second-order valence-electron chi connectivity index (χ2n) is 6.29. The Hall–Kier alpha value is -1.88. The summed E-state index contributed by atoms with van der Waals surface area (Å²) < 4.78 is 26.4. The van der Waals surface area contributed by atoms with E-state index < -0.39 is 15.6 Å². The molecular weight excluding hydrogens is 324 g/mol. The molecule has 0 amide bonds. The van der Waals surface area contributed by atoms with Crippen molar-refractivity contribution in [2.75, 3.05) is 25.5 Å². The van der Waals surface area contributed by atoms with Gasteiger partial charge in [0.2, 0.25) is 10.0 Å². The zero-order valence-corrected chi connectivity index (χ0v) is 15.2. The number of benzene rings is 1. The van der Waals surface area contributed by atoms with Crippen molar-refractivity contribution in [3.63, 3.8) is 0 Å². The van der Waals surface area contributed by atoms with Crippen LogP contribution in [-0.2, 0) is 10.0 Å². The van der Waals surface area contributed by atoms with E-state index in [1.165, 1.54) is 9.71 Å². The quantitative estimate of drug-likeness (QED) is 0.866. The summed E-state index contributed by atoms with van der Waals surface area (Å²) >= 11 is 0. The van der Waals surface area contributed by atoms with Gasteiger partial charge in [0.15, 0.2) is 0 Å². The van der Waals surface area contributed by atoms with Crippen molar-refractivity contribution in [2.24, 2.45) is 5.73 Å². The minimum Gasteiger partial charge on any atom is -0.388 e. The first-order valence-electron chi connectivity index (χ1n) is 7.88. The maximum Gasteiger partial charge on any atom is 0.236 e. The topological polar surface area (TPSA) is 99.2 Å². The Bertz CT molecular complexity index is 762. The molecule has 130 valence electrons.